The van der Waals surface area contributed by atoms with Gasteiger partial charge in [-0.25, -0.2) is 0 Å². The van der Waals surface area contributed by atoms with Crippen molar-refractivity contribution in [1.29, 1.82) is 0 Å². The number of aliphatic hydroxyl groups excluding tert-OH is 6. The number of allylic oxidation sites excluding steroid dienone is 7. The van der Waals surface area contributed by atoms with E-state index in [2.05, 4.69) is 55.6 Å². The molecular weight excluding hydrogens is 867 g/mol. The van der Waals surface area contributed by atoms with Crippen LogP contribution in [0.2, 0.25) is 0 Å². The van der Waals surface area contributed by atoms with Crippen molar-refractivity contribution in [3.05, 3.63) is 48.6 Å². The van der Waals surface area contributed by atoms with Gasteiger partial charge in [0.15, 0.2) is 6.29 Å². The molecule has 1 rings (SSSR count). The molecule has 1 aliphatic heterocycles. The van der Waals surface area contributed by atoms with E-state index in [0.717, 1.165) is 44.9 Å². The Morgan fingerprint density at radius 1 is 0.493 bits per heavy atom. The largest absolute Gasteiger partial charge is 0.394 e. The van der Waals surface area contributed by atoms with Gasteiger partial charge in [-0.15, -0.1) is 0 Å². The summed E-state index contributed by atoms with van der Waals surface area (Å²) < 4.78 is 11.2. The van der Waals surface area contributed by atoms with Gasteiger partial charge in [0.2, 0.25) is 5.91 Å². The number of unbranched alkanes of at least 4 members (excludes halogenated alkanes) is 32. The highest BCUT2D eigenvalue weighted by Gasteiger charge is 2.44. The van der Waals surface area contributed by atoms with Gasteiger partial charge in [-0.2, -0.15) is 0 Å². The van der Waals surface area contributed by atoms with E-state index < -0.39 is 61.5 Å². The zero-order valence-corrected chi connectivity index (χ0v) is 44.4. The van der Waals surface area contributed by atoms with Crippen molar-refractivity contribution in [1.82, 2.24) is 5.32 Å². The smallest absolute Gasteiger partial charge is 0.249 e. The summed E-state index contributed by atoms with van der Waals surface area (Å²) in [6, 6.07) is -1.00. The van der Waals surface area contributed by atoms with Gasteiger partial charge in [0, 0.05) is 0 Å². The molecule has 1 aliphatic rings. The first kappa shape index (κ1) is 65.1. The Balaban J connectivity index is 2.23. The van der Waals surface area contributed by atoms with Crippen molar-refractivity contribution in [2.75, 3.05) is 13.2 Å². The van der Waals surface area contributed by atoms with Gasteiger partial charge in [-0.05, 0) is 70.6 Å². The van der Waals surface area contributed by atoms with E-state index in [1.807, 2.05) is 6.08 Å². The van der Waals surface area contributed by atoms with Crippen molar-refractivity contribution >= 4 is 5.91 Å². The van der Waals surface area contributed by atoms with Crippen molar-refractivity contribution in [3.8, 4) is 0 Å². The van der Waals surface area contributed by atoms with E-state index in [1.165, 1.54) is 180 Å². The molecule has 0 spiro atoms. The number of rotatable bonds is 49. The van der Waals surface area contributed by atoms with E-state index in [1.54, 1.807) is 6.08 Å². The third kappa shape index (κ3) is 37.5. The second kappa shape index (κ2) is 48.4. The van der Waals surface area contributed by atoms with Gasteiger partial charge in [0.05, 0.1) is 25.4 Å². The minimum atomic E-state index is -1.62. The first-order valence-corrected chi connectivity index (χ1v) is 29.0. The number of hydrogen-bond donors (Lipinski definition) is 7. The van der Waals surface area contributed by atoms with Crippen LogP contribution in [0.15, 0.2) is 48.6 Å². The number of nitrogens with one attached hydrogen (secondary N) is 1. The van der Waals surface area contributed by atoms with Crippen molar-refractivity contribution in [3.63, 3.8) is 0 Å². The van der Waals surface area contributed by atoms with E-state index in [-0.39, 0.29) is 6.61 Å². The average Bonchev–Trinajstić information content (AvgIpc) is 3.35. The Morgan fingerprint density at radius 2 is 0.855 bits per heavy atom. The van der Waals surface area contributed by atoms with Gasteiger partial charge >= 0.3 is 0 Å². The molecule has 8 unspecified atom stereocenters. The summed E-state index contributed by atoms with van der Waals surface area (Å²) in [6.07, 6.45) is 53.7. The summed E-state index contributed by atoms with van der Waals surface area (Å²) >= 11 is 0. The molecule has 0 aromatic rings. The third-order valence-corrected chi connectivity index (χ3v) is 13.7. The Bertz CT molecular complexity index is 1240. The van der Waals surface area contributed by atoms with Crippen LogP contribution in [-0.2, 0) is 14.3 Å². The molecule has 7 N–H and O–H groups in total. The molecule has 10 heteroatoms. The average molecular weight is 977 g/mol. The fourth-order valence-electron chi connectivity index (χ4n) is 9.01. The second-order valence-corrected chi connectivity index (χ2v) is 20.2. The molecule has 0 aromatic heterocycles. The minimum Gasteiger partial charge on any atom is -0.394 e. The lowest BCUT2D eigenvalue weighted by atomic mass is 9.99. The summed E-state index contributed by atoms with van der Waals surface area (Å²) in [4.78, 5) is 13.1. The van der Waals surface area contributed by atoms with Gasteiger partial charge < -0.3 is 45.4 Å². The van der Waals surface area contributed by atoms with E-state index in [4.69, 9.17) is 9.47 Å². The molecule has 404 valence electrons. The van der Waals surface area contributed by atoms with Crippen LogP contribution in [0.5, 0.6) is 0 Å². The highest BCUT2D eigenvalue weighted by atomic mass is 16.7. The lowest BCUT2D eigenvalue weighted by Crippen LogP contribution is -2.60. The summed E-state index contributed by atoms with van der Waals surface area (Å²) in [7, 11) is 0. The molecule has 1 fully saturated rings. The second-order valence-electron chi connectivity index (χ2n) is 20.2. The summed E-state index contributed by atoms with van der Waals surface area (Å²) in [5.41, 5.74) is 0. The first-order chi connectivity index (χ1) is 33.8. The minimum absolute atomic E-state index is 0.301. The highest BCUT2D eigenvalue weighted by Crippen LogP contribution is 2.23. The lowest BCUT2D eigenvalue weighted by molar-refractivity contribution is -0.302. The molecule has 8 atom stereocenters. The number of carbonyl (C=O) groups is 1. The molecule has 0 aliphatic carbocycles. The number of aliphatic hydroxyl groups is 6. The van der Waals surface area contributed by atoms with Crippen LogP contribution >= 0.6 is 0 Å². The molecule has 0 saturated carbocycles. The Kier molecular flexibility index (Phi) is 45.7. The fraction of sp³-hybridized carbons (Fsp3) is 0.847. The van der Waals surface area contributed by atoms with Gasteiger partial charge in [-0.1, -0.05) is 236 Å². The Labute approximate surface area is 423 Å². The van der Waals surface area contributed by atoms with E-state index in [0.29, 0.717) is 19.3 Å². The van der Waals surface area contributed by atoms with Gasteiger partial charge in [0.25, 0.3) is 0 Å². The Morgan fingerprint density at radius 3 is 1.26 bits per heavy atom. The van der Waals surface area contributed by atoms with Crippen LogP contribution in [0.4, 0.5) is 0 Å². The van der Waals surface area contributed by atoms with Gasteiger partial charge in [0.1, 0.15) is 30.5 Å². The van der Waals surface area contributed by atoms with Crippen molar-refractivity contribution in [2.24, 2.45) is 0 Å². The summed E-state index contributed by atoms with van der Waals surface area (Å²) in [5.74, 6) is -0.629. The zero-order chi connectivity index (χ0) is 50.3. The zero-order valence-electron chi connectivity index (χ0n) is 44.4. The molecule has 69 heavy (non-hydrogen) atoms. The Hall–Kier alpha value is -1.89. The molecule has 1 heterocycles. The van der Waals surface area contributed by atoms with Crippen molar-refractivity contribution < 1.29 is 44.9 Å². The van der Waals surface area contributed by atoms with Crippen LogP contribution < -0.4 is 5.32 Å². The number of hydrogen-bond acceptors (Lipinski definition) is 9. The lowest BCUT2D eigenvalue weighted by Gasteiger charge is -2.40. The van der Waals surface area contributed by atoms with Crippen LogP contribution in [-0.4, -0.2) is 98.7 Å². The van der Waals surface area contributed by atoms with E-state index >= 15 is 0 Å². The fourth-order valence-corrected chi connectivity index (χ4v) is 9.01. The van der Waals surface area contributed by atoms with Crippen LogP contribution in [0.3, 0.4) is 0 Å². The normalized spacial score (nSPS) is 20.3. The predicted molar refractivity (Wildman–Crippen MR) is 287 cm³/mol. The SMILES string of the molecule is CCCCCCC/C=C/CC/C=C/CC/C=C/C(O)C(COC1OC(CO)C(O)C(O)C1O)NC(=O)C(O)CCCCCCCCCCCCCCC/C=C\CCCCCCCCCCCCCC. The summed E-state index contributed by atoms with van der Waals surface area (Å²) in [5, 5.41) is 64.9. The van der Waals surface area contributed by atoms with Crippen molar-refractivity contribution in [2.45, 2.75) is 307 Å². The third-order valence-electron chi connectivity index (χ3n) is 13.7. The number of ether oxygens (including phenoxy) is 2. The molecule has 0 bridgehead atoms. The van der Waals surface area contributed by atoms with Crippen LogP contribution in [0.25, 0.3) is 0 Å². The number of carbonyl (C=O) groups excluding carboxylic acids is 1. The van der Waals surface area contributed by atoms with E-state index in [9.17, 15) is 35.4 Å². The summed E-state index contributed by atoms with van der Waals surface area (Å²) in [6.45, 7) is 3.59. The maximum atomic E-state index is 13.1. The molecular formula is C59H109NO9. The highest BCUT2D eigenvalue weighted by molar-refractivity contribution is 5.80. The molecule has 10 nitrogen and oxygen atoms in total. The molecule has 1 amide bonds. The molecule has 0 aromatic carbocycles. The molecule has 1 saturated heterocycles. The standard InChI is InChI=1S/C59H109NO9/c1-3-5-7-9-11-13-15-17-19-20-21-22-23-24-25-26-27-28-29-30-31-32-34-36-38-40-42-44-46-48-53(63)58(67)60-51(50-68-59-57(66)56(65)55(64)54(49-61)69-59)52(62)47-45-43-41-39-37-35-33-18-16-14-12-10-8-6-4-2/h16,18,24-25,37,39,45,47,51-57,59,61-66H,3-15,17,19-23,26-36,38,40-44,46,48-50H2,1-2H3,(H,60,67)/b18-16+,25-24-,39-37+,47-45+. The van der Waals surface area contributed by atoms with Gasteiger partial charge in [-0.3, -0.25) is 4.79 Å². The maximum absolute atomic E-state index is 13.1. The predicted octanol–water partition coefficient (Wildman–Crippen LogP) is 13.1. The quantitative estimate of drug-likeness (QED) is 0.0232. The monoisotopic (exact) mass is 976 g/mol. The number of amides is 1. The maximum Gasteiger partial charge on any atom is 0.249 e. The van der Waals surface area contributed by atoms with Crippen LogP contribution in [0.1, 0.15) is 258 Å². The molecule has 0 radical (unpaired) electrons. The topological polar surface area (TPSA) is 169 Å². The first-order valence-electron chi connectivity index (χ1n) is 29.0. The van der Waals surface area contributed by atoms with Crippen LogP contribution in [0, 0.1) is 0 Å².